The summed E-state index contributed by atoms with van der Waals surface area (Å²) in [4.78, 5) is 26.5. The quantitative estimate of drug-likeness (QED) is 0.333. The zero-order valence-corrected chi connectivity index (χ0v) is 19.7. The van der Waals surface area contributed by atoms with E-state index in [4.69, 9.17) is 0 Å². The van der Waals surface area contributed by atoms with E-state index in [1.807, 2.05) is 79.9 Å². The summed E-state index contributed by atoms with van der Waals surface area (Å²) in [7, 11) is 0. The Morgan fingerprint density at radius 1 is 1.03 bits per heavy atom. The van der Waals surface area contributed by atoms with Crippen LogP contribution in [0, 0.1) is 13.8 Å². The summed E-state index contributed by atoms with van der Waals surface area (Å²) in [6.45, 7) is 3.92. The molecule has 1 amide bonds. The number of nitrogens with zero attached hydrogens (tertiary/aromatic N) is 5. The Balaban J connectivity index is 1.31. The predicted octanol–water partition coefficient (Wildman–Crippen LogP) is 5.41. The number of amides is 1. The molecule has 0 saturated carbocycles. The van der Waals surface area contributed by atoms with Gasteiger partial charge < -0.3 is 0 Å². The average Bonchev–Trinajstić information content (AvgIpc) is 3.45. The van der Waals surface area contributed by atoms with E-state index in [1.165, 1.54) is 23.1 Å². The normalized spacial score (nSPS) is 11.1. The third-order valence-corrected chi connectivity index (χ3v) is 6.66. The van der Waals surface area contributed by atoms with Gasteiger partial charge in [-0.1, -0.05) is 60.3 Å². The number of thiazole rings is 1. The number of carbonyl (C=O) groups excluding carboxylic acids is 1. The van der Waals surface area contributed by atoms with E-state index in [0.29, 0.717) is 27.4 Å². The minimum absolute atomic E-state index is 0.184. The number of anilines is 1. The second-order valence-electron chi connectivity index (χ2n) is 7.45. The van der Waals surface area contributed by atoms with Gasteiger partial charge in [0, 0.05) is 33.6 Å². The molecule has 0 aliphatic rings. The van der Waals surface area contributed by atoms with Gasteiger partial charge in [0.15, 0.2) is 5.13 Å². The topological polar surface area (TPSA) is 85.1 Å². The molecular formula is C24H20N6OS2. The van der Waals surface area contributed by atoms with Crippen molar-refractivity contribution in [3.63, 3.8) is 0 Å². The van der Waals surface area contributed by atoms with Gasteiger partial charge >= 0.3 is 0 Å². The molecule has 0 aliphatic heterocycles. The molecule has 1 N–H and O–H groups in total. The average molecular weight is 473 g/mol. The van der Waals surface area contributed by atoms with Crippen LogP contribution in [-0.2, 0) is 5.75 Å². The van der Waals surface area contributed by atoms with Gasteiger partial charge in [-0.25, -0.2) is 14.5 Å². The minimum Gasteiger partial charge on any atom is -0.298 e. The van der Waals surface area contributed by atoms with Crippen molar-refractivity contribution < 1.29 is 4.79 Å². The molecule has 9 heteroatoms. The van der Waals surface area contributed by atoms with Crippen molar-refractivity contribution in [3.8, 4) is 11.3 Å². The van der Waals surface area contributed by atoms with E-state index in [2.05, 4.69) is 25.4 Å². The first kappa shape index (κ1) is 21.3. The summed E-state index contributed by atoms with van der Waals surface area (Å²) in [6.07, 6.45) is 0. The standard InChI is InChI=1S/C24H20N6OS2/c1-15-12-16(2)30-22(25-15)28-24(29-30)32-13-18-10-6-7-11-19(18)21(31)27-23-26-20(14-33-23)17-8-4-3-5-9-17/h3-12,14H,13H2,1-2H3,(H,26,27,31). The van der Waals surface area contributed by atoms with Crippen LogP contribution in [-0.4, -0.2) is 30.5 Å². The lowest BCUT2D eigenvalue weighted by Gasteiger charge is -2.07. The molecule has 5 rings (SSSR count). The second kappa shape index (κ2) is 9.13. The molecule has 0 unspecified atom stereocenters. The molecular weight excluding hydrogens is 452 g/mol. The van der Waals surface area contributed by atoms with Crippen molar-refractivity contribution >= 4 is 39.9 Å². The minimum atomic E-state index is -0.184. The van der Waals surface area contributed by atoms with Gasteiger partial charge in [-0.05, 0) is 31.5 Å². The van der Waals surface area contributed by atoms with E-state index in [9.17, 15) is 4.79 Å². The maximum atomic E-state index is 13.0. The summed E-state index contributed by atoms with van der Waals surface area (Å²) in [5.74, 6) is 0.960. The highest BCUT2D eigenvalue weighted by atomic mass is 32.2. The highest BCUT2D eigenvalue weighted by Gasteiger charge is 2.15. The summed E-state index contributed by atoms with van der Waals surface area (Å²) >= 11 is 2.89. The van der Waals surface area contributed by atoms with Crippen molar-refractivity contribution in [2.45, 2.75) is 24.8 Å². The molecule has 0 bridgehead atoms. The molecule has 5 aromatic rings. The summed E-state index contributed by atoms with van der Waals surface area (Å²) < 4.78 is 1.74. The Bertz CT molecular complexity index is 1440. The first-order chi connectivity index (χ1) is 16.1. The lowest BCUT2D eigenvalue weighted by atomic mass is 10.1. The molecule has 3 aromatic heterocycles. The van der Waals surface area contributed by atoms with Gasteiger partial charge in [0.05, 0.1) is 5.69 Å². The van der Waals surface area contributed by atoms with E-state index in [-0.39, 0.29) is 5.91 Å². The second-order valence-corrected chi connectivity index (χ2v) is 9.25. The van der Waals surface area contributed by atoms with Crippen molar-refractivity contribution in [3.05, 3.63) is 88.6 Å². The van der Waals surface area contributed by atoms with Crippen LogP contribution in [0.4, 0.5) is 5.13 Å². The first-order valence-corrected chi connectivity index (χ1v) is 12.2. The molecule has 164 valence electrons. The Morgan fingerprint density at radius 2 is 1.82 bits per heavy atom. The van der Waals surface area contributed by atoms with Crippen LogP contribution in [0.1, 0.15) is 27.3 Å². The zero-order chi connectivity index (χ0) is 22.8. The van der Waals surface area contributed by atoms with Crippen molar-refractivity contribution in [1.29, 1.82) is 0 Å². The van der Waals surface area contributed by atoms with Gasteiger partial charge in [-0.2, -0.15) is 4.98 Å². The van der Waals surface area contributed by atoms with Crippen molar-refractivity contribution in [1.82, 2.24) is 24.6 Å². The van der Waals surface area contributed by atoms with E-state index < -0.39 is 0 Å². The summed E-state index contributed by atoms with van der Waals surface area (Å²) in [5.41, 5.74) is 5.26. The Hall–Kier alpha value is -3.56. The fourth-order valence-corrected chi connectivity index (χ4v) is 4.99. The molecule has 0 atom stereocenters. The molecule has 7 nitrogen and oxygen atoms in total. The number of thioether (sulfide) groups is 1. The van der Waals surface area contributed by atoms with Crippen LogP contribution in [0.15, 0.2) is 71.2 Å². The Kier molecular flexibility index (Phi) is 5.89. The largest absolute Gasteiger partial charge is 0.298 e. The maximum absolute atomic E-state index is 13.0. The van der Waals surface area contributed by atoms with E-state index in [1.54, 1.807) is 4.52 Å². The summed E-state index contributed by atoms with van der Waals surface area (Å²) in [6, 6.07) is 19.4. The number of fused-ring (bicyclic) bond motifs is 1. The molecule has 0 spiro atoms. The fourth-order valence-electron chi connectivity index (χ4n) is 3.46. The van der Waals surface area contributed by atoms with Crippen LogP contribution in [0.2, 0.25) is 0 Å². The van der Waals surface area contributed by atoms with Crippen molar-refractivity contribution in [2.24, 2.45) is 0 Å². The number of aryl methyl sites for hydroxylation is 2. The summed E-state index contributed by atoms with van der Waals surface area (Å²) in [5, 5.41) is 10.6. The first-order valence-electron chi connectivity index (χ1n) is 10.3. The SMILES string of the molecule is Cc1cc(C)n2nc(SCc3ccccc3C(=O)Nc3nc(-c4ccccc4)cs3)nc2n1. The molecule has 0 aliphatic carbocycles. The van der Waals surface area contributed by atoms with Crippen LogP contribution in [0.3, 0.4) is 0 Å². The van der Waals surface area contributed by atoms with Gasteiger partial charge in [0.25, 0.3) is 11.7 Å². The highest BCUT2D eigenvalue weighted by Crippen LogP contribution is 2.26. The molecule has 0 fully saturated rings. The van der Waals surface area contributed by atoms with Gasteiger partial charge in [-0.15, -0.1) is 16.4 Å². The highest BCUT2D eigenvalue weighted by molar-refractivity contribution is 7.98. The molecule has 3 heterocycles. The van der Waals surface area contributed by atoms with Crippen molar-refractivity contribution in [2.75, 3.05) is 5.32 Å². The molecule has 2 aromatic carbocycles. The number of nitrogens with one attached hydrogen (secondary N) is 1. The lowest BCUT2D eigenvalue weighted by molar-refractivity contribution is 0.102. The zero-order valence-electron chi connectivity index (χ0n) is 18.0. The van der Waals surface area contributed by atoms with Gasteiger partial charge in [0.1, 0.15) is 0 Å². The number of carbonyl (C=O) groups is 1. The lowest BCUT2D eigenvalue weighted by Crippen LogP contribution is -2.13. The number of rotatable bonds is 6. The number of hydrogen-bond donors (Lipinski definition) is 1. The van der Waals surface area contributed by atoms with Crippen LogP contribution >= 0.6 is 23.1 Å². The predicted molar refractivity (Wildman–Crippen MR) is 132 cm³/mol. The van der Waals surface area contributed by atoms with Gasteiger partial charge in [0.2, 0.25) is 5.16 Å². The number of benzene rings is 2. The van der Waals surface area contributed by atoms with Crippen LogP contribution in [0.25, 0.3) is 17.0 Å². The Labute approximate surface area is 199 Å². The third kappa shape index (κ3) is 4.64. The molecule has 0 saturated heterocycles. The monoisotopic (exact) mass is 472 g/mol. The maximum Gasteiger partial charge on any atom is 0.257 e. The van der Waals surface area contributed by atoms with Gasteiger partial charge in [-0.3, -0.25) is 10.1 Å². The van der Waals surface area contributed by atoms with Crippen LogP contribution < -0.4 is 5.32 Å². The van der Waals surface area contributed by atoms with Crippen LogP contribution in [0.5, 0.6) is 0 Å². The third-order valence-electron chi connectivity index (χ3n) is 5.01. The fraction of sp³-hybridized carbons (Fsp3) is 0.125. The number of hydrogen-bond acceptors (Lipinski definition) is 7. The van der Waals surface area contributed by atoms with E-state index >= 15 is 0 Å². The number of aromatic nitrogens is 5. The smallest absolute Gasteiger partial charge is 0.257 e. The molecule has 0 radical (unpaired) electrons. The Morgan fingerprint density at radius 3 is 2.67 bits per heavy atom. The van der Waals surface area contributed by atoms with E-state index in [0.717, 1.165) is 28.2 Å². The molecule has 33 heavy (non-hydrogen) atoms.